The summed E-state index contributed by atoms with van der Waals surface area (Å²) < 4.78 is 30.6. The summed E-state index contributed by atoms with van der Waals surface area (Å²) in [5, 5.41) is 0. The lowest BCUT2D eigenvalue weighted by Gasteiger charge is -2.39. The van der Waals surface area contributed by atoms with Crippen molar-refractivity contribution in [2.24, 2.45) is 0 Å². The fraction of sp³-hybridized carbons (Fsp3) is 0.421. The van der Waals surface area contributed by atoms with E-state index < -0.39 is 10.0 Å². The van der Waals surface area contributed by atoms with E-state index in [1.807, 2.05) is 37.3 Å². The molecule has 4 rings (SSSR count). The molecule has 0 amide bonds. The quantitative estimate of drug-likeness (QED) is 0.787. The third-order valence-electron chi connectivity index (χ3n) is 5.34. The Bertz CT molecular complexity index is 846. The van der Waals surface area contributed by atoms with E-state index in [2.05, 4.69) is 10.8 Å². The van der Waals surface area contributed by atoms with Gasteiger partial charge in [0.15, 0.2) is 17.9 Å². The monoisotopic (exact) mass is 343 g/mol. The van der Waals surface area contributed by atoms with Crippen LogP contribution in [0.4, 0.5) is 0 Å². The Morgan fingerprint density at radius 2 is 1.79 bits per heavy atom. The number of fused-ring (bicyclic) bond motifs is 3. The molecule has 24 heavy (non-hydrogen) atoms. The van der Waals surface area contributed by atoms with Crippen LogP contribution in [-0.4, -0.2) is 18.8 Å². The molecule has 1 saturated carbocycles. The summed E-state index contributed by atoms with van der Waals surface area (Å²) in [4.78, 5) is 0.404. The molecule has 0 radical (unpaired) electrons. The van der Waals surface area contributed by atoms with Gasteiger partial charge in [-0.2, -0.15) is 8.87 Å². The highest BCUT2D eigenvalue weighted by Crippen LogP contribution is 2.36. The Hall–Kier alpha value is -1.72. The summed E-state index contributed by atoms with van der Waals surface area (Å²) in [6.45, 7) is 2.43. The number of sulfonamides is 1. The number of hydrogen-bond donors (Lipinski definition) is 0. The van der Waals surface area contributed by atoms with Gasteiger partial charge in [-0.25, -0.2) is 8.42 Å². The fourth-order valence-electron chi connectivity index (χ4n) is 4.09. The molecule has 1 fully saturated rings. The molecular weight excluding hydrogens is 320 g/mol. The first kappa shape index (κ1) is 15.8. The van der Waals surface area contributed by atoms with Gasteiger partial charge in [-0.05, 0) is 31.9 Å². The van der Waals surface area contributed by atoms with Crippen molar-refractivity contribution in [1.82, 2.24) is 4.31 Å². The van der Waals surface area contributed by atoms with Crippen molar-refractivity contribution in [1.29, 1.82) is 0 Å². The van der Waals surface area contributed by atoms with Crippen molar-refractivity contribution >= 4 is 10.0 Å². The highest BCUT2D eigenvalue weighted by atomic mass is 32.2. The van der Waals surface area contributed by atoms with Crippen molar-refractivity contribution in [3.8, 4) is 0 Å². The zero-order chi connectivity index (χ0) is 16.7. The normalized spacial score (nSPS) is 24.2. The second-order valence-electron chi connectivity index (χ2n) is 6.88. The summed E-state index contributed by atoms with van der Waals surface area (Å²) in [6.07, 6.45) is 6.36. The van der Waals surface area contributed by atoms with Crippen molar-refractivity contribution in [3.63, 3.8) is 0 Å². The van der Waals surface area contributed by atoms with E-state index in [-0.39, 0.29) is 12.1 Å². The third kappa shape index (κ3) is 2.56. The first-order valence-electron chi connectivity index (χ1n) is 8.65. The Morgan fingerprint density at radius 1 is 1.04 bits per heavy atom. The molecule has 2 atom stereocenters. The number of nitrogens with zero attached hydrogens (tertiary/aromatic N) is 2. The Kier molecular flexibility index (Phi) is 3.93. The summed E-state index contributed by atoms with van der Waals surface area (Å²) in [5.41, 5.74) is 2.15. The number of aromatic nitrogens is 1. The lowest BCUT2D eigenvalue weighted by Crippen LogP contribution is -2.61. The van der Waals surface area contributed by atoms with E-state index in [1.165, 1.54) is 6.42 Å². The maximum Gasteiger partial charge on any atom is 0.244 e. The van der Waals surface area contributed by atoms with Crippen LogP contribution in [0, 0.1) is 6.92 Å². The molecule has 0 unspecified atom stereocenters. The molecule has 0 saturated heterocycles. The topological polar surface area (TPSA) is 41.3 Å². The molecule has 0 N–H and O–H groups in total. The molecule has 2 heterocycles. The predicted octanol–water partition coefficient (Wildman–Crippen LogP) is 2.97. The smallest absolute Gasteiger partial charge is 0.207 e. The van der Waals surface area contributed by atoms with E-state index in [1.54, 1.807) is 16.4 Å². The number of hydrogen-bond acceptors (Lipinski definition) is 2. The van der Waals surface area contributed by atoms with Crippen molar-refractivity contribution in [2.75, 3.05) is 0 Å². The Labute approximate surface area is 143 Å². The summed E-state index contributed by atoms with van der Waals surface area (Å²) in [7, 11) is -3.47. The van der Waals surface area contributed by atoms with Gasteiger partial charge < -0.3 is 0 Å². The minimum absolute atomic E-state index is 0.0601. The zero-order valence-corrected chi connectivity index (χ0v) is 14.7. The Balaban J connectivity index is 1.78. The number of aryl methyl sites for hydroxylation is 1. The van der Waals surface area contributed by atoms with Crippen LogP contribution >= 0.6 is 0 Å². The van der Waals surface area contributed by atoms with Crippen molar-refractivity contribution in [2.45, 2.75) is 56.1 Å². The second-order valence-corrected chi connectivity index (χ2v) is 8.77. The SMILES string of the molecule is Cc1ccc(S(=O)(=O)N2Cc3cccc[n+]3[C@@H]3CCCC[C@@H]32)cc1. The summed E-state index contributed by atoms with van der Waals surface area (Å²) in [6, 6.07) is 13.6. The van der Waals surface area contributed by atoms with Crippen LogP contribution < -0.4 is 4.57 Å². The number of benzene rings is 1. The molecular formula is C19H23N2O2S+. The van der Waals surface area contributed by atoms with Crippen LogP contribution in [0.2, 0.25) is 0 Å². The van der Waals surface area contributed by atoms with E-state index >= 15 is 0 Å². The van der Waals surface area contributed by atoms with Gasteiger partial charge in [-0.3, -0.25) is 0 Å². The first-order chi connectivity index (χ1) is 11.6. The molecule has 1 aliphatic heterocycles. The molecule has 126 valence electrons. The fourth-order valence-corrected chi connectivity index (χ4v) is 5.74. The minimum Gasteiger partial charge on any atom is -0.207 e. The highest BCUT2D eigenvalue weighted by molar-refractivity contribution is 7.89. The van der Waals surface area contributed by atoms with Gasteiger partial charge in [-0.15, -0.1) is 0 Å². The van der Waals surface area contributed by atoms with Crippen LogP contribution in [-0.2, 0) is 16.6 Å². The molecule has 2 aliphatic rings. The Morgan fingerprint density at radius 3 is 2.58 bits per heavy atom. The molecule has 2 aromatic rings. The molecule has 1 aromatic carbocycles. The van der Waals surface area contributed by atoms with Crippen LogP contribution in [0.5, 0.6) is 0 Å². The minimum atomic E-state index is -3.47. The molecule has 1 aromatic heterocycles. The van der Waals surface area contributed by atoms with Gasteiger partial charge in [0.25, 0.3) is 0 Å². The van der Waals surface area contributed by atoms with Crippen LogP contribution in [0.25, 0.3) is 0 Å². The van der Waals surface area contributed by atoms with Gasteiger partial charge in [0, 0.05) is 18.6 Å². The van der Waals surface area contributed by atoms with Crippen LogP contribution in [0.3, 0.4) is 0 Å². The maximum atomic E-state index is 13.3. The van der Waals surface area contributed by atoms with Crippen molar-refractivity contribution < 1.29 is 13.0 Å². The van der Waals surface area contributed by atoms with Crippen LogP contribution in [0.15, 0.2) is 53.6 Å². The van der Waals surface area contributed by atoms with Crippen LogP contribution in [0.1, 0.15) is 43.0 Å². The average Bonchev–Trinajstić information content (AvgIpc) is 2.61. The van der Waals surface area contributed by atoms with E-state index in [4.69, 9.17) is 0 Å². The largest absolute Gasteiger partial charge is 0.244 e. The molecule has 0 bridgehead atoms. The maximum absolute atomic E-state index is 13.3. The van der Waals surface area contributed by atoms with E-state index in [9.17, 15) is 8.42 Å². The van der Waals surface area contributed by atoms with Crippen molar-refractivity contribution in [3.05, 3.63) is 59.9 Å². The van der Waals surface area contributed by atoms with E-state index in [0.29, 0.717) is 11.4 Å². The summed E-state index contributed by atoms with van der Waals surface area (Å²) >= 11 is 0. The zero-order valence-electron chi connectivity index (χ0n) is 13.9. The average molecular weight is 343 g/mol. The second kappa shape index (κ2) is 5.97. The number of pyridine rings is 1. The van der Waals surface area contributed by atoms with Gasteiger partial charge in [0.05, 0.1) is 17.5 Å². The lowest BCUT2D eigenvalue weighted by atomic mass is 9.88. The number of rotatable bonds is 2. The van der Waals surface area contributed by atoms with Gasteiger partial charge >= 0.3 is 0 Å². The molecule has 5 heteroatoms. The van der Waals surface area contributed by atoms with E-state index in [0.717, 1.165) is 30.5 Å². The lowest BCUT2D eigenvalue weighted by molar-refractivity contribution is -0.744. The highest BCUT2D eigenvalue weighted by Gasteiger charge is 2.47. The molecule has 4 nitrogen and oxygen atoms in total. The molecule has 0 spiro atoms. The third-order valence-corrected chi connectivity index (χ3v) is 7.23. The van der Waals surface area contributed by atoms with Gasteiger partial charge in [-0.1, -0.05) is 30.2 Å². The predicted molar refractivity (Wildman–Crippen MR) is 91.8 cm³/mol. The molecule has 1 aliphatic carbocycles. The standard InChI is InChI=1S/C19H23N2O2S/c1-15-9-11-17(12-10-15)24(22,23)21-14-16-6-4-5-13-20(16)18-7-2-3-8-19(18)21/h4-6,9-13,18-19H,2-3,7-8,14H2,1H3/q+1/t18-,19+/m1/s1. The van der Waals surface area contributed by atoms with Gasteiger partial charge in [0.2, 0.25) is 10.0 Å². The summed E-state index contributed by atoms with van der Waals surface area (Å²) in [5.74, 6) is 0. The first-order valence-corrected chi connectivity index (χ1v) is 10.1. The van der Waals surface area contributed by atoms with Gasteiger partial charge in [0.1, 0.15) is 0 Å².